The molecule has 146 valence electrons. The van der Waals surface area contributed by atoms with E-state index in [-0.39, 0.29) is 24.0 Å². The van der Waals surface area contributed by atoms with Crippen LogP contribution in [0, 0.1) is 34.6 Å². The van der Waals surface area contributed by atoms with E-state index in [4.69, 9.17) is 13.0 Å². The Morgan fingerprint density at radius 3 is 1.38 bits per heavy atom. The van der Waals surface area contributed by atoms with Gasteiger partial charge in [0.05, 0.1) is 0 Å². The van der Waals surface area contributed by atoms with E-state index >= 15 is 0 Å². The summed E-state index contributed by atoms with van der Waals surface area (Å²) in [5.41, 5.74) is 3.94. The normalized spacial score (nSPS) is 11.3. The van der Waals surface area contributed by atoms with Crippen molar-refractivity contribution in [3.63, 3.8) is 0 Å². The lowest BCUT2D eigenvalue weighted by Crippen LogP contribution is -2.21. The predicted octanol–water partition coefficient (Wildman–Crippen LogP) is 5.91. The minimum Gasteiger partial charge on any atom is -0.279 e. The molecule has 2 aromatic rings. The highest BCUT2D eigenvalue weighted by atomic mass is 127. The van der Waals surface area contributed by atoms with Crippen LogP contribution in [-0.2, 0) is 10.1 Å². The third-order valence-electron chi connectivity index (χ3n) is 3.48. The van der Waals surface area contributed by atoms with Gasteiger partial charge in [0.15, 0.2) is 0 Å². The van der Waals surface area contributed by atoms with Crippen molar-refractivity contribution < 1.29 is 26.1 Å². The van der Waals surface area contributed by atoms with Gasteiger partial charge < -0.3 is 0 Å². The Balaban J connectivity index is 0.000000597. The van der Waals surface area contributed by atoms with Gasteiger partial charge >= 0.3 is 15.6 Å². The fourth-order valence-electron chi connectivity index (χ4n) is 2.75. The van der Waals surface area contributed by atoms with Crippen LogP contribution in [0.25, 0.3) is 11.1 Å². The summed E-state index contributed by atoms with van der Waals surface area (Å²) < 4.78 is 57.5. The van der Waals surface area contributed by atoms with Gasteiger partial charge in [-0.15, -0.1) is 24.0 Å². The number of benzene rings is 2. The van der Waals surface area contributed by atoms with Crippen molar-refractivity contribution in [2.45, 2.75) is 40.1 Å². The quantitative estimate of drug-likeness (QED) is 0.300. The van der Waals surface area contributed by atoms with E-state index in [9.17, 15) is 13.2 Å². The fourth-order valence-corrected chi connectivity index (χ4v) is 2.75. The van der Waals surface area contributed by atoms with Gasteiger partial charge in [0, 0.05) is 0 Å². The molecule has 3 nitrogen and oxygen atoms in total. The van der Waals surface area contributed by atoms with E-state index in [0.717, 1.165) is 0 Å². The summed E-state index contributed by atoms with van der Waals surface area (Å²) in [6.07, 6.45) is 0. The van der Waals surface area contributed by atoms with Gasteiger partial charge in [0.1, 0.15) is 0 Å². The second-order valence-electron chi connectivity index (χ2n) is 6.07. The first-order chi connectivity index (χ1) is 11.2. The average molecular weight is 502 g/mol. The van der Waals surface area contributed by atoms with Crippen LogP contribution in [0.4, 0.5) is 13.2 Å². The fraction of sp³-hybridized carbons (Fsp3) is 0.333. The van der Waals surface area contributed by atoms with Gasteiger partial charge in [-0.25, -0.2) is 0 Å². The molecule has 0 unspecified atom stereocenters. The Morgan fingerprint density at radius 1 is 0.769 bits per heavy atom. The summed E-state index contributed by atoms with van der Waals surface area (Å²) in [7, 11) is -5.84. The summed E-state index contributed by atoms with van der Waals surface area (Å²) in [5, 5.41) is 0. The molecular formula is C18H22F3IO3S. The zero-order valence-electron chi connectivity index (χ0n) is 15.1. The van der Waals surface area contributed by atoms with Crippen LogP contribution >= 0.6 is 24.0 Å². The molecule has 0 saturated heterocycles. The largest absolute Gasteiger partial charge is 0.522 e. The number of alkyl halides is 3. The van der Waals surface area contributed by atoms with Crippen LogP contribution in [0.3, 0.4) is 0 Å². The molecule has 2 aromatic carbocycles. The molecular weight excluding hydrogens is 480 g/mol. The Labute approximate surface area is 169 Å². The van der Waals surface area contributed by atoms with E-state index in [1.807, 2.05) is 0 Å². The van der Waals surface area contributed by atoms with E-state index in [1.165, 1.54) is 38.9 Å². The minimum atomic E-state index is -5.84. The van der Waals surface area contributed by atoms with Crippen molar-refractivity contribution in [3.8, 4) is 11.1 Å². The highest BCUT2D eigenvalue weighted by molar-refractivity contribution is 14.0. The monoisotopic (exact) mass is 502 g/mol. The first-order valence-corrected chi connectivity index (χ1v) is 8.86. The maximum Gasteiger partial charge on any atom is 0.522 e. The lowest BCUT2D eigenvalue weighted by atomic mass is 9.92. The summed E-state index contributed by atoms with van der Waals surface area (Å²) in [4.78, 5) is 0. The number of hydrogen-bond donors (Lipinski definition) is 1. The van der Waals surface area contributed by atoms with E-state index in [2.05, 4.69) is 65.0 Å². The lowest BCUT2D eigenvalue weighted by molar-refractivity contribution is -0.0510. The molecule has 26 heavy (non-hydrogen) atoms. The summed E-state index contributed by atoms with van der Waals surface area (Å²) in [6, 6.07) is 11.3. The molecule has 0 aliphatic rings. The molecule has 0 aromatic heterocycles. The molecule has 8 heteroatoms. The molecule has 0 aliphatic carbocycles. The molecule has 0 saturated carbocycles. The summed E-state index contributed by atoms with van der Waals surface area (Å²) in [6.45, 7) is 10.9. The van der Waals surface area contributed by atoms with Gasteiger partial charge in [-0.05, 0) is 56.9 Å². The zero-order valence-corrected chi connectivity index (χ0v) is 18.2. The molecule has 2 rings (SSSR count). The van der Waals surface area contributed by atoms with Crippen LogP contribution in [-0.4, -0.2) is 18.5 Å². The first-order valence-electron chi connectivity index (χ1n) is 7.42. The molecule has 0 heterocycles. The Kier molecular flexibility index (Phi) is 8.78. The number of aryl methyl sites for hydroxylation is 5. The Morgan fingerprint density at radius 2 is 1.08 bits per heavy atom. The minimum absolute atomic E-state index is 0. The van der Waals surface area contributed by atoms with Crippen LogP contribution in [0.15, 0.2) is 30.3 Å². The molecule has 0 aliphatic heterocycles. The standard InChI is InChI=1S/C17H20.CHF3O3S.HI/c1-11-6-12(2)10-16(9-11)17-14(4)7-13(3)8-15(17)5;2-1(3,4)8(5,6)7;/h6-10H,1-5H3;(H,5,6,7);1H. The maximum atomic E-state index is 10.7. The SMILES string of the molecule is Cc1cc(C)cc(-c2c(C)cc(C)cc2C)c1.I.O=S(=O)(O)C(F)(F)F. The molecule has 0 radical (unpaired) electrons. The van der Waals surface area contributed by atoms with E-state index < -0.39 is 15.6 Å². The zero-order chi connectivity index (χ0) is 19.6. The van der Waals surface area contributed by atoms with E-state index in [0.29, 0.717) is 0 Å². The lowest BCUT2D eigenvalue weighted by Gasteiger charge is -2.13. The topological polar surface area (TPSA) is 54.4 Å². The van der Waals surface area contributed by atoms with E-state index in [1.54, 1.807) is 0 Å². The van der Waals surface area contributed by atoms with Crippen molar-refractivity contribution in [1.82, 2.24) is 0 Å². The van der Waals surface area contributed by atoms with Crippen molar-refractivity contribution in [2.24, 2.45) is 0 Å². The van der Waals surface area contributed by atoms with Crippen molar-refractivity contribution in [3.05, 3.63) is 58.1 Å². The molecule has 1 N–H and O–H groups in total. The molecule has 0 fully saturated rings. The molecule has 0 spiro atoms. The summed E-state index contributed by atoms with van der Waals surface area (Å²) >= 11 is 0. The number of rotatable bonds is 1. The van der Waals surface area contributed by atoms with Crippen LogP contribution in [0.2, 0.25) is 0 Å². The number of hydrogen-bond acceptors (Lipinski definition) is 2. The highest BCUT2D eigenvalue weighted by Gasteiger charge is 2.44. The third kappa shape index (κ3) is 6.88. The van der Waals surface area contributed by atoms with Crippen LogP contribution < -0.4 is 0 Å². The maximum absolute atomic E-state index is 10.7. The molecule has 0 atom stereocenters. The van der Waals surface area contributed by atoms with Crippen molar-refractivity contribution in [2.75, 3.05) is 0 Å². The van der Waals surface area contributed by atoms with Gasteiger partial charge in [0.2, 0.25) is 0 Å². The predicted molar refractivity (Wildman–Crippen MR) is 109 cm³/mol. The molecule has 0 amide bonds. The van der Waals surface area contributed by atoms with Gasteiger partial charge in [-0.1, -0.05) is 47.0 Å². The Hall–Kier alpha value is -1.13. The van der Waals surface area contributed by atoms with Gasteiger partial charge in [0.25, 0.3) is 0 Å². The van der Waals surface area contributed by atoms with Crippen molar-refractivity contribution in [1.29, 1.82) is 0 Å². The smallest absolute Gasteiger partial charge is 0.279 e. The second-order valence-corrected chi connectivity index (χ2v) is 7.48. The second kappa shape index (κ2) is 9.18. The highest BCUT2D eigenvalue weighted by Crippen LogP contribution is 2.29. The average Bonchev–Trinajstić information content (AvgIpc) is 2.34. The van der Waals surface area contributed by atoms with Crippen molar-refractivity contribution >= 4 is 34.1 Å². The third-order valence-corrected chi connectivity index (χ3v) is 4.06. The summed E-state index contributed by atoms with van der Waals surface area (Å²) in [5.74, 6) is 0. The number of halogens is 4. The van der Waals surface area contributed by atoms with Gasteiger partial charge in [-0.3, -0.25) is 4.55 Å². The molecule has 0 bridgehead atoms. The van der Waals surface area contributed by atoms with Gasteiger partial charge in [-0.2, -0.15) is 21.6 Å². The first kappa shape index (κ1) is 24.9. The van der Waals surface area contributed by atoms with Crippen LogP contribution in [0.5, 0.6) is 0 Å². The Bertz CT molecular complexity index is 832. The van der Waals surface area contributed by atoms with Crippen LogP contribution in [0.1, 0.15) is 27.8 Å².